The molecule has 0 bridgehead atoms. The average Bonchev–Trinajstić information content (AvgIpc) is 2.37. The monoisotopic (exact) mass is 155 g/mol. The normalized spacial score (nSPS) is 16.3. The highest BCUT2D eigenvalue weighted by Gasteiger charge is 2.18. The van der Waals surface area contributed by atoms with Crippen molar-refractivity contribution in [3.05, 3.63) is 18.7 Å². The van der Waals surface area contributed by atoms with Crippen molar-refractivity contribution in [1.82, 2.24) is 9.55 Å². The molecule has 0 saturated heterocycles. The molecule has 0 aliphatic carbocycles. The standard InChI is InChI=1S/C7H13N3O/c1-7(8,2-5-11)10-4-3-9-6-10/h3-4,6,11H,2,5,8H2,1H3. The molecule has 0 aliphatic heterocycles. The van der Waals surface area contributed by atoms with Crippen molar-refractivity contribution < 1.29 is 5.11 Å². The fraction of sp³-hybridized carbons (Fsp3) is 0.571. The number of hydrogen-bond acceptors (Lipinski definition) is 3. The van der Waals surface area contributed by atoms with E-state index in [9.17, 15) is 0 Å². The van der Waals surface area contributed by atoms with E-state index < -0.39 is 5.66 Å². The minimum absolute atomic E-state index is 0.0885. The largest absolute Gasteiger partial charge is 0.396 e. The summed E-state index contributed by atoms with van der Waals surface area (Å²) in [5.41, 5.74) is 5.33. The Morgan fingerprint density at radius 2 is 2.45 bits per heavy atom. The number of aliphatic hydroxyl groups is 1. The van der Waals surface area contributed by atoms with Crippen LogP contribution in [0.15, 0.2) is 18.7 Å². The maximum absolute atomic E-state index is 8.69. The van der Waals surface area contributed by atoms with Gasteiger partial charge in [-0.25, -0.2) is 4.98 Å². The SMILES string of the molecule is CC(N)(CCO)n1ccnc1. The molecule has 1 heterocycles. The lowest BCUT2D eigenvalue weighted by molar-refractivity contribution is 0.203. The molecule has 0 radical (unpaired) electrons. The Morgan fingerprint density at radius 3 is 2.91 bits per heavy atom. The van der Waals surface area contributed by atoms with Gasteiger partial charge < -0.3 is 15.4 Å². The highest BCUT2D eigenvalue weighted by molar-refractivity contribution is 4.84. The van der Waals surface area contributed by atoms with Crippen LogP contribution in [-0.2, 0) is 5.66 Å². The molecule has 1 aromatic heterocycles. The minimum atomic E-state index is -0.523. The van der Waals surface area contributed by atoms with Crippen LogP contribution in [0.3, 0.4) is 0 Å². The van der Waals surface area contributed by atoms with E-state index in [0.29, 0.717) is 6.42 Å². The zero-order chi connectivity index (χ0) is 8.32. The molecule has 3 N–H and O–H groups in total. The Labute approximate surface area is 65.7 Å². The van der Waals surface area contributed by atoms with Crippen molar-refractivity contribution in [2.75, 3.05) is 6.61 Å². The Balaban J connectivity index is 2.73. The van der Waals surface area contributed by atoms with Gasteiger partial charge in [0, 0.05) is 25.4 Å². The zero-order valence-corrected chi connectivity index (χ0v) is 6.57. The average molecular weight is 155 g/mol. The summed E-state index contributed by atoms with van der Waals surface area (Å²) < 4.78 is 1.78. The van der Waals surface area contributed by atoms with Crippen LogP contribution in [-0.4, -0.2) is 21.3 Å². The van der Waals surface area contributed by atoms with Gasteiger partial charge in [0.1, 0.15) is 0 Å². The Kier molecular flexibility index (Phi) is 2.26. The van der Waals surface area contributed by atoms with Crippen LogP contribution in [0.4, 0.5) is 0 Å². The van der Waals surface area contributed by atoms with E-state index >= 15 is 0 Å². The first-order valence-corrected chi connectivity index (χ1v) is 3.55. The first-order valence-electron chi connectivity index (χ1n) is 3.55. The number of aromatic nitrogens is 2. The second-order valence-corrected chi connectivity index (χ2v) is 2.80. The smallest absolute Gasteiger partial charge is 0.0961 e. The minimum Gasteiger partial charge on any atom is -0.396 e. The molecule has 4 heteroatoms. The van der Waals surface area contributed by atoms with E-state index in [1.54, 1.807) is 23.3 Å². The quantitative estimate of drug-likeness (QED) is 0.640. The van der Waals surface area contributed by atoms with Crippen LogP contribution in [0.2, 0.25) is 0 Å². The third kappa shape index (κ3) is 1.78. The van der Waals surface area contributed by atoms with E-state index in [4.69, 9.17) is 10.8 Å². The van der Waals surface area contributed by atoms with Crippen LogP contribution in [0, 0.1) is 0 Å². The van der Waals surface area contributed by atoms with Crippen LogP contribution >= 0.6 is 0 Å². The lowest BCUT2D eigenvalue weighted by Gasteiger charge is -2.24. The van der Waals surface area contributed by atoms with Gasteiger partial charge in [-0.15, -0.1) is 0 Å². The van der Waals surface area contributed by atoms with Crippen molar-refractivity contribution in [3.8, 4) is 0 Å². The van der Waals surface area contributed by atoms with Crippen molar-refractivity contribution in [1.29, 1.82) is 0 Å². The van der Waals surface area contributed by atoms with E-state index in [0.717, 1.165) is 0 Å². The Hall–Kier alpha value is -0.870. The first kappa shape index (κ1) is 8.23. The zero-order valence-electron chi connectivity index (χ0n) is 6.57. The Morgan fingerprint density at radius 1 is 1.73 bits per heavy atom. The number of rotatable bonds is 3. The molecule has 1 atom stereocenters. The lowest BCUT2D eigenvalue weighted by atomic mass is 10.1. The molecule has 0 amide bonds. The molecule has 4 nitrogen and oxygen atoms in total. The molecule has 0 aliphatic rings. The summed E-state index contributed by atoms with van der Waals surface area (Å²) in [6, 6.07) is 0. The predicted octanol–water partition coefficient (Wildman–Crippen LogP) is -0.103. The van der Waals surface area contributed by atoms with Crippen LogP contribution < -0.4 is 5.73 Å². The molecular weight excluding hydrogens is 142 g/mol. The maximum atomic E-state index is 8.69. The maximum Gasteiger partial charge on any atom is 0.0961 e. The third-order valence-electron chi connectivity index (χ3n) is 1.71. The Bertz CT molecular complexity index is 205. The van der Waals surface area contributed by atoms with Gasteiger partial charge in [0.05, 0.1) is 12.0 Å². The molecule has 0 fully saturated rings. The van der Waals surface area contributed by atoms with Crippen molar-refractivity contribution in [3.63, 3.8) is 0 Å². The van der Waals surface area contributed by atoms with E-state index in [1.165, 1.54) is 0 Å². The fourth-order valence-electron chi connectivity index (χ4n) is 0.917. The summed E-state index contributed by atoms with van der Waals surface area (Å²) in [6.07, 6.45) is 5.64. The van der Waals surface area contributed by atoms with Gasteiger partial charge in [0.25, 0.3) is 0 Å². The fourth-order valence-corrected chi connectivity index (χ4v) is 0.917. The van der Waals surface area contributed by atoms with Gasteiger partial charge in [-0.05, 0) is 6.92 Å². The van der Waals surface area contributed by atoms with Crippen LogP contribution in [0.5, 0.6) is 0 Å². The molecule has 11 heavy (non-hydrogen) atoms. The van der Waals surface area contributed by atoms with Gasteiger partial charge in [0.2, 0.25) is 0 Å². The van der Waals surface area contributed by atoms with Crippen LogP contribution in [0.25, 0.3) is 0 Å². The summed E-state index contributed by atoms with van der Waals surface area (Å²) in [5.74, 6) is 0. The summed E-state index contributed by atoms with van der Waals surface area (Å²) in [6.45, 7) is 1.94. The predicted molar refractivity (Wildman–Crippen MR) is 41.8 cm³/mol. The molecular formula is C7H13N3O. The van der Waals surface area contributed by atoms with E-state index in [2.05, 4.69) is 4.98 Å². The van der Waals surface area contributed by atoms with Crippen molar-refractivity contribution in [2.45, 2.75) is 19.0 Å². The van der Waals surface area contributed by atoms with Gasteiger partial charge in [-0.2, -0.15) is 0 Å². The molecule has 1 rings (SSSR count). The molecule has 1 aromatic rings. The molecule has 1 unspecified atom stereocenters. The second kappa shape index (κ2) is 3.02. The third-order valence-corrected chi connectivity index (χ3v) is 1.71. The summed E-state index contributed by atoms with van der Waals surface area (Å²) in [4.78, 5) is 3.87. The lowest BCUT2D eigenvalue weighted by Crippen LogP contribution is -2.39. The number of aliphatic hydroxyl groups excluding tert-OH is 1. The highest BCUT2D eigenvalue weighted by Crippen LogP contribution is 2.11. The molecule has 0 aromatic carbocycles. The number of hydrogen-bond donors (Lipinski definition) is 2. The highest BCUT2D eigenvalue weighted by atomic mass is 16.3. The van der Waals surface area contributed by atoms with Gasteiger partial charge >= 0.3 is 0 Å². The summed E-state index contributed by atoms with van der Waals surface area (Å²) >= 11 is 0. The van der Waals surface area contributed by atoms with Crippen molar-refractivity contribution in [2.24, 2.45) is 5.73 Å². The first-order chi connectivity index (χ1) is 5.17. The number of imidazole rings is 1. The topological polar surface area (TPSA) is 64.1 Å². The molecule has 0 saturated carbocycles. The van der Waals surface area contributed by atoms with E-state index in [-0.39, 0.29) is 6.61 Å². The van der Waals surface area contributed by atoms with Gasteiger partial charge in [-0.1, -0.05) is 0 Å². The summed E-state index contributed by atoms with van der Waals surface area (Å²) in [7, 11) is 0. The second-order valence-electron chi connectivity index (χ2n) is 2.80. The summed E-state index contributed by atoms with van der Waals surface area (Å²) in [5, 5.41) is 8.69. The van der Waals surface area contributed by atoms with Gasteiger partial charge in [-0.3, -0.25) is 0 Å². The van der Waals surface area contributed by atoms with E-state index in [1.807, 2.05) is 6.92 Å². The molecule has 62 valence electrons. The van der Waals surface area contributed by atoms with Gasteiger partial charge in [0.15, 0.2) is 0 Å². The van der Waals surface area contributed by atoms with Crippen LogP contribution in [0.1, 0.15) is 13.3 Å². The number of nitrogens with zero attached hydrogens (tertiary/aromatic N) is 2. The molecule has 0 spiro atoms. The van der Waals surface area contributed by atoms with Crippen molar-refractivity contribution >= 4 is 0 Å². The number of nitrogens with two attached hydrogens (primary N) is 1.